The van der Waals surface area contributed by atoms with Gasteiger partial charge in [-0.15, -0.1) is 0 Å². The van der Waals surface area contributed by atoms with Gasteiger partial charge in [0.25, 0.3) is 0 Å². The molecule has 2 nitrogen and oxygen atoms in total. The highest BCUT2D eigenvalue weighted by molar-refractivity contribution is 5.58. The molecule has 0 bridgehead atoms. The third kappa shape index (κ3) is 2.00. The highest BCUT2D eigenvalue weighted by atomic mass is 15.4. The lowest BCUT2D eigenvalue weighted by atomic mass is 10.0. The van der Waals surface area contributed by atoms with E-state index in [0.717, 1.165) is 12.5 Å². The lowest BCUT2D eigenvalue weighted by molar-refractivity contribution is 0.859. The normalized spacial score (nSPS) is 17.5. The molecule has 2 aliphatic rings. The van der Waals surface area contributed by atoms with E-state index in [1.807, 2.05) is 13.8 Å². The Kier molecular flexibility index (Phi) is 2.96. The van der Waals surface area contributed by atoms with Crippen molar-refractivity contribution in [3.05, 3.63) is 28.8 Å². The molecule has 1 aliphatic carbocycles. The van der Waals surface area contributed by atoms with E-state index >= 15 is 0 Å². The molecule has 0 spiro atoms. The Morgan fingerprint density at radius 2 is 1.93 bits per heavy atom. The minimum Gasteiger partial charge on any atom is -0.321 e. The summed E-state index contributed by atoms with van der Waals surface area (Å²) in [5, 5.41) is 0. The summed E-state index contributed by atoms with van der Waals surface area (Å²) in [7, 11) is 0. The van der Waals surface area contributed by atoms with Gasteiger partial charge in [0.15, 0.2) is 0 Å². The van der Waals surface area contributed by atoms with E-state index in [2.05, 4.69) is 29.9 Å². The predicted molar refractivity (Wildman–Crippen MR) is 65.0 cm³/mol. The second-order valence-corrected chi connectivity index (χ2v) is 4.12. The van der Waals surface area contributed by atoms with Crippen molar-refractivity contribution in [1.29, 1.82) is 0 Å². The van der Waals surface area contributed by atoms with E-state index in [9.17, 15) is 0 Å². The van der Waals surface area contributed by atoms with Crippen LogP contribution in [-0.2, 0) is 6.54 Å². The maximum Gasteiger partial charge on any atom is 0.0536 e. The Labute approximate surface area is 92.1 Å². The van der Waals surface area contributed by atoms with Crippen LogP contribution in [0, 0.1) is 6.92 Å². The lowest BCUT2D eigenvalue weighted by Crippen LogP contribution is -2.10. The van der Waals surface area contributed by atoms with Crippen LogP contribution >= 0.6 is 0 Å². The Morgan fingerprint density at radius 1 is 1.20 bits per heavy atom. The van der Waals surface area contributed by atoms with Gasteiger partial charge in [0.05, 0.1) is 5.69 Å². The molecule has 3 rings (SSSR count). The molecule has 0 atom stereocenters. The smallest absolute Gasteiger partial charge is 0.0536 e. The first-order valence-electron chi connectivity index (χ1n) is 5.97. The quantitative estimate of drug-likeness (QED) is 0.733. The van der Waals surface area contributed by atoms with Crippen molar-refractivity contribution in [2.24, 2.45) is 0 Å². The molecule has 82 valence electrons. The van der Waals surface area contributed by atoms with Gasteiger partial charge in [-0.3, -0.25) is 0 Å². The molecule has 1 saturated carbocycles. The van der Waals surface area contributed by atoms with Crippen molar-refractivity contribution in [1.82, 2.24) is 5.43 Å². The number of rotatable bonds is 1. The van der Waals surface area contributed by atoms with E-state index in [0.29, 0.717) is 0 Å². The molecule has 0 saturated heterocycles. The Morgan fingerprint density at radius 3 is 2.60 bits per heavy atom. The Hall–Kier alpha value is -1.02. The molecule has 2 heteroatoms. The first kappa shape index (κ1) is 10.5. The van der Waals surface area contributed by atoms with E-state index in [1.54, 1.807) is 5.56 Å². The van der Waals surface area contributed by atoms with Crippen molar-refractivity contribution < 1.29 is 0 Å². The highest BCUT2D eigenvalue weighted by Gasteiger charge is 2.26. The summed E-state index contributed by atoms with van der Waals surface area (Å²) in [6, 6.07) is 4.64. The molecule has 0 unspecified atom stereocenters. The number of aryl methyl sites for hydroxylation is 1. The summed E-state index contributed by atoms with van der Waals surface area (Å²) in [5.41, 5.74) is 12.0. The van der Waals surface area contributed by atoms with Crippen molar-refractivity contribution in [3.8, 4) is 0 Å². The molecule has 1 aromatic carbocycles. The monoisotopic (exact) mass is 204 g/mol. The van der Waals surface area contributed by atoms with Crippen LogP contribution in [0.25, 0.3) is 0 Å². The van der Waals surface area contributed by atoms with Crippen LogP contribution in [-0.4, -0.2) is 0 Å². The SMILES string of the molecule is CC.Cc1cc2c(cc1C1CC1)CNN2. The van der Waals surface area contributed by atoms with Gasteiger partial charge in [0, 0.05) is 6.54 Å². The molecule has 2 N–H and O–H groups in total. The van der Waals surface area contributed by atoms with Crippen molar-refractivity contribution in [3.63, 3.8) is 0 Å². The van der Waals surface area contributed by atoms with Crippen LogP contribution in [0.15, 0.2) is 12.1 Å². The molecular formula is C13H20N2. The largest absolute Gasteiger partial charge is 0.321 e. The summed E-state index contributed by atoms with van der Waals surface area (Å²) in [6.45, 7) is 7.18. The second kappa shape index (κ2) is 4.23. The van der Waals surface area contributed by atoms with Crippen LogP contribution in [0.3, 0.4) is 0 Å². The highest BCUT2D eigenvalue weighted by Crippen LogP contribution is 2.43. The zero-order valence-corrected chi connectivity index (χ0v) is 9.85. The van der Waals surface area contributed by atoms with Crippen LogP contribution in [0.4, 0.5) is 5.69 Å². The van der Waals surface area contributed by atoms with E-state index in [-0.39, 0.29) is 0 Å². The molecule has 1 aliphatic heterocycles. The second-order valence-electron chi connectivity index (χ2n) is 4.12. The van der Waals surface area contributed by atoms with Crippen molar-refractivity contribution in [2.45, 2.75) is 46.1 Å². The minimum atomic E-state index is 0.867. The van der Waals surface area contributed by atoms with E-state index < -0.39 is 0 Å². The van der Waals surface area contributed by atoms with Gasteiger partial charge >= 0.3 is 0 Å². The number of benzene rings is 1. The van der Waals surface area contributed by atoms with Crippen LogP contribution in [0.1, 0.15) is 49.3 Å². The average Bonchev–Trinajstić information content (AvgIpc) is 3.00. The Balaban J connectivity index is 0.000000404. The molecule has 1 heterocycles. The third-order valence-electron chi connectivity index (χ3n) is 3.01. The topological polar surface area (TPSA) is 24.1 Å². The molecule has 1 aromatic rings. The van der Waals surface area contributed by atoms with Crippen LogP contribution < -0.4 is 10.9 Å². The van der Waals surface area contributed by atoms with E-state index in [1.165, 1.54) is 29.7 Å². The summed E-state index contributed by atoms with van der Waals surface area (Å²) in [6.07, 6.45) is 2.78. The summed E-state index contributed by atoms with van der Waals surface area (Å²) in [5.74, 6) is 0.867. The van der Waals surface area contributed by atoms with E-state index in [4.69, 9.17) is 0 Å². The first-order valence-corrected chi connectivity index (χ1v) is 5.97. The Bertz CT molecular complexity index is 354. The molecule has 0 aromatic heterocycles. The molecule has 0 radical (unpaired) electrons. The summed E-state index contributed by atoms with van der Waals surface area (Å²) < 4.78 is 0. The number of anilines is 1. The number of fused-ring (bicyclic) bond motifs is 1. The number of hydrogen-bond acceptors (Lipinski definition) is 2. The minimum absolute atomic E-state index is 0.867. The lowest BCUT2D eigenvalue weighted by Gasteiger charge is -2.07. The fourth-order valence-corrected chi connectivity index (χ4v) is 2.10. The van der Waals surface area contributed by atoms with Crippen LogP contribution in [0.5, 0.6) is 0 Å². The van der Waals surface area contributed by atoms with Crippen LogP contribution in [0.2, 0.25) is 0 Å². The molecule has 15 heavy (non-hydrogen) atoms. The molecule has 1 fully saturated rings. The molecule has 0 amide bonds. The van der Waals surface area contributed by atoms with Gasteiger partial charge in [0.2, 0.25) is 0 Å². The maximum atomic E-state index is 3.18. The fraction of sp³-hybridized carbons (Fsp3) is 0.538. The van der Waals surface area contributed by atoms with Gasteiger partial charge in [-0.1, -0.05) is 19.9 Å². The third-order valence-corrected chi connectivity index (χ3v) is 3.01. The average molecular weight is 204 g/mol. The van der Waals surface area contributed by atoms with Gasteiger partial charge in [-0.05, 0) is 48.4 Å². The maximum absolute atomic E-state index is 3.18. The standard InChI is InChI=1S/C11H14N2.C2H6/c1-7-4-11-9(6-12-13-11)5-10(7)8-2-3-8;1-2/h4-5,8,12-13H,2-3,6H2,1H3;1-2H3. The number of hydrazine groups is 1. The van der Waals surface area contributed by atoms with Gasteiger partial charge in [-0.2, -0.15) is 0 Å². The first-order chi connectivity index (χ1) is 7.34. The van der Waals surface area contributed by atoms with Gasteiger partial charge in [-0.25, -0.2) is 5.43 Å². The van der Waals surface area contributed by atoms with Gasteiger partial charge < -0.3 is 5.43 Å². The van der Waals surface area contributed by atoms with Crippen molar-refractivity contribution in [2.75, 3.05) is 5.43 Å². The zero-order valence-electron chi connectivity index (χ0n) is 9.85. The fourth-order valence-electron chi connectivity index (χ4n) is 2.10. The number of hydrogen-bond donors (Lipinski definition) is 2. The number of nitrogens with one attached hydrogen (secondary N) is 2. The summed E-state index contributed by atoms with van der Waals surface area (Å²) in [4.78, 5) is 0. The summed E-state index contributed by atoms with van der Waals surface area (Å²) >= 11 is 0. The van der Waals surface area contributed by atoms with Gasteiger partial charge in [0.1, 0.15) is 0 Å². The molecular weight excluding hydrogens is 184 g/mol. The predicted octanol–water partition coefficient (Wildman–Crippen LogP) is 3.33. The van der Waals surface area contributed by atoms with Crippen molar-refractivity contribution >= 4 is 5.69 Å². The zero-order chi connectivity index (χ0) is 10.8.